The quantitative estimate of drug-likeness (QED) is 0.486. The molecule has 7 nitrogen and oxygen atoms in total. The largest absolute Gasteiger partial charge is 0.504 e. The number of amides is 2. The number of carbonyl (C=O) groups is 2. The molecule has 3 rings (SSSR count). The molecule has 0 radical (unpaired) electrons. The summed E-state index contributed by atoms with van der Waals surface area (Å²) in [6.07, 6.45) is 0.718. The van der Waals surface area contributed by atoms with E-state index in [9.17, 15) is 14.7 Å². The van der Waals surface area contributed by atoms with Gasteiger partial charge in [-0.1, -0.05) is 30.3 Å². The standard InChI is InChI=1S/C24H24N2O5/c1-30-22-12-10-17(14-21(22)27)11-13-23(28)26-19-8-5-9-20(15-19)31-16-24(29)25-18-6-3-2-4-7-18/h2-10,12,14-15,27H,11,13,16H2,1H3,(H,25,29)(H,26,28). The topological polar surface area (TPSA) is 96.9 Å². The zero-order valence-corrected chi connectivity index (χ0v) is 17.1. The van der Waals surface area contributed by atoms with Crippen molar-refractivity contribution in [1.82, 2.24) is 0 Å². The Hall–Kier alpha value is -4.00. The van der Waals surface area contributed by atoms with Crippen LogP contribution in [0.3, 0.4) is 0 Å². The second-order valence-corrected chi connectivity index (χ2v) is 6.79. The van der Waals surface area contributed by atoms with Crippen molar-refractivity contribution < 1.29 is 24.2 Å². The minimum absolute atomic E-state index is 0.0431. The first-order valence-electron chi connectivity index (χ1n) is 9.77. The number of hydrogen-bond donors (Lipinski definition) is 3. The number of para-hydroxylation sites is 1. The summed E-state index contributed by atoms with van der Waals surface area (Å²) in [6, 6.07) is 21.0. The average Bonchev–Trinajstić information content (AvgIpc) is 2.77. The average molecular weight is 420 g/mol. The molecule has 0 aliphatic heterocycles. The van der Waals surface area contributed by atoms with Gasteiger partial charge in [-0.3, -0.25) is 9.59 Å². The van der Waals surface area contributed by atoms with Gasteiger partial charge in [0.05, 0.1) is 7.11 Å². The van der Waals surface area contributed by atoms with Crippen molar-refractivity contribution in [2.24, 2.45) is 0 Å². The Morgan fingerprint density at radius 1 is 0.871 bits per heavy atom. The fourth-order valence-corrected chi connectivity index (χ4v) is 2.90. The highest BCUT2D eigenvalue weighted by molar-refractivity contribution is 5.92. The van der Waals surface area contributed by atoms with Gasteiger partial charge in [0, 0.05) is 23.9 Å². The van der Waals surface area contributed by atoms with Crippen LogP contribution in [0.4, 0.5) is 11.4 Å². The molecule has 0 aliphatic carbocycles. The molecule has 0 heterocycles. The van der Waals surface area contributed by atoms with Gasteiger partial charge >= 0.3 is 0 Å². The van der Waals surface area contributed by atoms with Crippen LogP contribution in [0.15, 0.2) is 72.8 Å². The second kappa shape index (κ2) is 10.7. The van der Waals surface area contributed by atoms with E-state index in [-0.39, 0.29) is 30.6 Å². The summed E-state index contributed by atoms with van der Waals surface area (Å²) in [6.45, 7) is -0.146. The molecular formula is C24H24N2O5. The van der Waals surface area contributed by atoms with Gasteiger partial charge in [0.15, 0.2) is 18.1 Å². The monoisotopic (exact) mass is 420 g/mol. The fraction of sp³-hybridized carbons (Fsp3) is 0.167. The minimum Gasteiger partial charge on any atom is -0.504 e. The number of aryl methyl sites for hydroxylation is 1. The zero-order chi connectivity index (χ0) is 22.1. The SMILES string of the molecule is COc1ccc(CCC(=O)Nc2cccc(OCC(=O)Nc3ccccc3)c2)cc1O. The molecule has 3 aromatic rings. The van der Waals surface area contributed by atoms with Crippen LogP contribution in [0.25, 0.3) is 0 Å². The Kier molecular flexibility index (Phi) is 7.48. The Labute approximate surface area is 180 Å². The van der Waals surface area contributed by atoms with Crippen molar-refractivity contribution in [3.63, 3.8) is 0 Å². The summed E-state index contributed by atoms with van der Waals surface area (Å²) >= 11 is 0. The van der Waals surface area contributed by atoms with E-state index in [1.54, 1.807) is 54.6 Å². The number of nitrogens with one attached hydrogen (secondary N) is 2. The summed E-state index contributed by atoms with van der Waals surface area (Å²) in [5.74, 6) is 0.461. The maximum Gasteiger partial charge on any atom is 0.262 e. The molecule has 0 saturated heterocycles. The van der Waals surface area contributed by atoms with Crippen molar-refractivity contribution >= 4 is 23.2 Å². The smallest absolute Gasteiger partial charge is 0.262 e. The third-order valence-corrected chi connectivity index (χ3v) is 4.43. The fourth-order valence-electron chi connectivity index (χ4n) is 2.90. The maximum absolute atomic E-state index is 12.3. The van der Waals surface area contributed by atoms with Gasteiger partial charge in [-0.25, -0.2) is 0 Å². The molecule has 31 heavy (non-hydrogen) atoms. The van der Waals surface area contributed by atoms with Crippen LogP contribution in [0.2, 0.25) is 0 Å². The molecule has 0 spiro atoms. The van der Waals surface area contributed by atoms with E-state index in [0.717, 1.165) is 5.56 Å². The number of phenols is 1. The molecule has 2 amide bonds. The van der Waals surface area contributed by atoms with Crippen LogP contribution in [0.1, 0.15) is 12.0 Å². The molecule has 0 bridgehead atoms. The number of methoxy groups -OCH3 is 1. The van der Waals surface area contributed by atoms with Gasteiger partial charge in [0.25, 0.3) is 5.91 Å². The summed E-state index contributed by atoms with van der Waals surface area (Å²) in [7, 11) is 1.48. The van der Waals surface area contributed by atoms with Gasteiger partial charge in [-0.05, 0) is 48.4 Å². The highest BCUT2D eigenvalue weighted by atomic mass is 16.5. The number of aromatic hydroxyl groups is 1. The third-order valence-electron chi connectivity index (χ3n) is 4.43. The molecule has 0 saturated carbocycles. The van der Waals surface area contributed by atoms with Gasteiger partial charge in [-0.2, -0.15) is 0 Å². The Bertz CT molecular complexity index is 1040. The molecule has 160 valence electrons. The molecule has 3 N–H and O–H groups in total. The van der Waals surface area contributed by atoms with Crippen molar-refractivity contribution in [3.8, 4) is 17.2 Å². The number of ether oxygens (including phenoxy) is 2. The van der Waals surface area contributed by atoms with E-state index >= 15 is 0 Å². The van der Waals surface area contributed by atoms with Crippen LogP contribution in [0, 0.1) is 0 Å². The van der Waals surface area contributed by atoms with E-state index in [0.29, 0.717) is 29.3 Å². The number of carbonyl (C=O) groups excluding carboxylic acids is 2. The lowest BCUT2D eigenvalue weighted by molar-refractivity contribution is -0.118. The van der Waals surface area contributed by atoms with Gasteiger partial charge in [0.1, 0.15) is 5.75 Å². The molecule has 7 heteroatoms. The summed E-state index contributed by atoms with van der Waals surface area (Å²) in [5.41, 5.74) is 2.10. The van der Waals surface area contributed by atoms with Crippen LogP contribution < -0.4 is 20.1 Å². The minimum atomic E-state index is -0.275. The van der Waals surface area contributed by atoms with E-state index in [4.69, 9.17) is 9.47 Å². The van der Waals surface area contributed by atoms with Crippen molar-refractivity contribution in [3.05, 3.63) is 78.4 Å². The van der Waals surface area contributed by atoms with Gasteiger partial charge < -0.3 is 25.2 Å². The number of hydrogen-bond acceptors (Lipinski definition) is 5. The highest BCUT2D eigenvalue weighted by Gasteiger charge is 2.08. The summed E-state index contributed by atoms with van der Waals surface area (Å²) in [4.78, 5) is 24.3. The van der Waals surface area contributed by atoms with Crippen LogP contribution in [0.5, 0.6) is 17.2 Å². The number of anilines is 2. The maximum atomic E-state index is 12.3. The lowest BCUT2D eigenvalue weighted by Crippen LogP contribution is -2.20. The number of benzene rings is 3. The van der Waals surface area contributed by atoms with Crippen molar-refractivity contribution in [2.75, 3.05) is 24.4 Å². The van der Waals surface area contributed by atoms with Crippen LogP contribution in [-0.2, 0) is 16.0 Å². The normalized spacial score (nSPS) is 10.2. The molecule has 0 fully saturated rings. The molecule has 0 atom stereocenters. The van der Waals surface area contributed by atoms with E-state index in [2.05, 4.69) is 10.6 Å². The first-order valence-corrected chi connectivity index (χ1v) is 9.77. The molecule has 0 aromatic heterocycles. The Morgan fingerprint density at radius 2 is 1.61 bits per heavy atom. The second-order valence-electron chi connectivity index (χ2n) is 6.79. The van der Waals surface area contributed by atoms with Crippen molar-refractivity contribution in [1.29, 1.82) is 0 Å². The van der Waals surface area contributed by atoms with Gasteiger partial charge in [-0.15, -0.1) is 0 Å². The summed E-state index contributed by atoms with van der Waals surface area (Å²) < 4.78 is 10.5. The van der Waals surface area contributed by atoms with Gasteiger partial charge in [0.2, 0.25) is 5.91 Å². The lowest BCUT2D eigenvalue weighted by atomic mass is 10.1. The van der Waals surface area contributed by atoms with E-state index in [1.807, 2.05) is 18.2 Å². The Balaban J connectivity index is 1.47. The molecular weight excluding hydrogens is 396 g/mol. The molecule has 3 aromatic carbocycles. The van der Waals surface area contributed by atoms with E-state index in [1.165, 1.54) is 7.11 Å². The third kappa shape index (κ3) is 6.78. The Morgan fingerprint density at radius 3 is 2.35 bits per heavy atom. The zero-order valence-electron chi connectivity index (χ0n) is 17.1. The predicted octanol–water partition coefficient (Wildman–Crippen LogP) is 3.99. The van der Waals surface area contributed by atoms with Crippen molar-refractivity contribution in [2.45, 2.75) is 12.8 Å². The lowest BCUT2D eigenvalue weighted by Gasteiger charge is -2.10. The van der Waals surface area contributed by atoms with E-state index < -0.39 is 0 Å². The molecule has 0 aliphatic rings. The highest BCUT2D eigenvalue weighted by Crippen LogP contribution is 2.26. The molecule has 0 unspecified atom stereocenters. The first-order chi connectivity index (χ1) is 15.0. The van der Waals surface area contributed by atoms with Crippen LogP contribution in [-0.4, -0.2) is 30.6 Å². The summed E-state index contributed by atoms with van der Waals surface area (Å²) in [5, 5.41) is 15.4. The first kappa shape index (κ1) is 21.7. The number of phenolic OH excluding ortho intramolecular Hbond substituents is 1. The number of rotatable bonds is 9. The predicted molar refractivity (Wildman–Crippen MR) is 119 cm³/mol. The van der Waals surface area contributed by atoms with Crippen LogP contribution >= 0.6 is 0 Å².